The molecule has 5 nitrogen and oxygen atoms in total. The van der Waals surface area contributed by atoms with Gasteiger partial charge in [-0.2, -0.15) is 0 Å². The average Bonchev–Trinajstić information content (AvgIpc) is 3.08. The van der Waals surface area contributed by atoms with Gasteiger partial charge < -0.3 is 15.0 Å². The lowest BCUT2D eigenvalue weighted by atomic mass is 10.1. The van der Waals surface area contributed by atoms with E-state index in [-0.39, 0.29) is 11.9 Å². The van der Waals surface area contributed by atoms with Crippen LogP contribution < -0.4 is 10.1 Å². The van der Waals surface area contributed by atoms with Crippen LogP contribution >= 0.6 is 11.8 Å². The van der Waals surface area contributed by atoms with Gasteiger partial charge in [0.1, 0.15) is 5.75 Å². The third kappa shape index (κ3) is 4.58. The second-order valence-corrected chi connectivity index (χ2v) is 7.13. The number of nitrogens with one attached hydrogen (secondary N) is 2. The molecule has 136 valence electrons. The molecular formula is C20H23N3O2S. The number of aromatic nitrogens is 2. The van der Waals surface area contributed by atoms with E-state index in [4.69, 9.17) is 4.74 Å². The van der Waals surface area contributed by atoms with Crippen LogP contribution in [-0.2, 0) is 4.79 Å². The van der Waals surface area contributed by atoms with Crippen molar-refractivity contribution in [2.75, 3.05) is 12.9 Å². The smallest absolute Gasteiger partial charge is 0.220 e. The third-order valence-corrected chi connectivity index (χ3v) is 5.10. The van der Waals surface area contributed by atoms with E-state index < -0.39 is 0 Å². The van der Waals surface area contributed by atoms with Crippen LogP contribution in [0.25, 0.3) is 11.0 Å². The Kier molecular flexibility index (Phi) is 6.17. The molecule has 0 fully saturated rings. The number of carbonyl (C=O) groups excluding carboxylic acids is 1. The van der Waals surface area contributed by atoms with Gasteiger partial charge in [-0.25, -0.2) is 4.98 Å². The molecular weight excluding hydrogens is 346 g/mol. The van der Waals surface area contributed by atoms with Crippen LogP contribution in [0.3, 0.4) is 0 Å². The molecule has 1 aromatic heterocycles. The van der Waals surface area contributed by atoms with Gasteiger partial charge in [0.15, 0.2) is 5.16 Å². The molecule has 2 aromatic carbocycles. The summed E-state index contributed by atoms with van der Waals surface area (Å²) in [5.41, 5.74) is 3.00. The van der Waals surface area contributed by atoms with Crippen LogP contribution in [0.2, 0.25) is 0 Å². The number of rotatable bonds is 8. The SMILES string of the molecule is COc1ccccc1[C@H](C)NC(=O)CCCSc1nc2ccccc2[nH]1. The standard InChI is InChI=1S/C20H23N3O2S/c1-14(15-8-3-6-11-18(15)25-2)21-19(24)12-7-13-26-20-22-16-9-4-5-10-17(16)23-20/h3-6,8-11,14H,7,12-13H2,1-2H3,(H,21,24)(H,22,23)/t14-/m0/s1. The molecule has 6 heteroatoms. The van der Waals surface area contributed by atoms with Gasteiger partial charge in [-0.15, -0.1) is 0 Å². The van der Waals surface area contributed by atoms with Crippen LogP contribution in [-0.4, -0.2) is 28.7 Å². The van der Waals surface area contributed by atoms with Crippen LogP contribution in [0.1, 0.15) is 31.4 Å². The van der Waals surface area contributed by atoms with Crippen molar-refractivity contribution >= 4 is 28.7 Å². The van der Waals surface area contributed by atoms with E-state index in [0.717, 1.165) is 39.7 Å². The summed E-state index contributed by atoms with van der Waals surface area (Å²) in [6, 6.07) is 15.6. The first-order chi connectivity index (χ1) is 12.7. The zero-order valence-corrected chi connectivity index (χ0v) is 15.8. The van der Waals surface area contributed by atoms with Gasteiger partial charge in [0, 0.05) is 17.7 Å². The molecule has 0 saturated heterocycles. The number of H-pyrrole nitrogens is 1. The second-order valence-electron chi connectivity index (χ2n) is 6.04. The minimum Gasteiger partial charge on any atom is -0.496 e. The van der Waals surface area contributed by atoms with E-state index in [1.807, 2.05) is 55.5 Å². The number of imidazole rings is 1. The number of para-hydroxylation sites is 3. The lowest BCUT2D eigenvalue weighted by Crippen LogP contribution is -2.26. The summed E-state index contributed by atoms with van der Waals surface area (Å²) in [6.45, 7) is 1.97. The maximum atomic E-state index is 12.2. The molecule has 0 spiro atoms. The van der Waals surface area contributed by atoms with Crippen molar-refractivity contribution in [2.24, 2.45) is 0 Å². The molecule has 2 N–H and O–H groups in total. The number of fused-ring (bicyclic) bond motifs is 1. The second kappa shape index (κ2) is 8.76. The van der Waals surface area contributed by atoms with Gasteiger partial charge in [-0.1, -0.05) is 42.1 Å². The number of aromatic amines is 1. The number of amides is 1. The first-order valence-corrected chi connectivity index (χ1v) is 9.66. The van der Waals surface area contributed by atoms with Crippen LogP contribution in [0.15, 0.2) is 53.7 Å². The maximum Gasteiger partial charge on any atom is 0.220 e. The van der Waals surface area contributed by atoms with Crippen molar-refractivity contribution in [3.8, 4) is 5.75 Å². The highest BCUT2D eigenvalue weighted by atomic mass is 32.2. The Morgan fingerprint density at radius 2 is 2.00 bits per heavy atom. The quantitative estimate of drug-likeness (QED) is 0.458. The van der Waals surface area contributed by atoms with Gasteiger partial charge in [0.05, 0.1) is 24.2 Å². The largest absolute Gasteiger partial charge is 0.496 e. The Morgan fingerprint density at radius 1 is 1.23 bits per heavy atom. The predicted octanol–water partition coefficient (Wildman–Crippen LogP) is 4.32. The van der Waals surface area contributed by atoms with Crippen LogP contribution in [0.4, 0.5) is 0 Å². The average molecular weight is 369 g/mol. The minimum atomic E-state index is -0.0818. The number of hydrogen-bond acceptors (Lipinski definition) is 4. The molecule has 3 rings (SSSR count). The van der Waals surface area contributed by atoms with Crippen LogP contribution in [0, 0.1) is 0 Å². The third-order valence-electron chi connectivity index (χ3n) is 4.14. The number of thioether (sulfide) groups is 1. The number of nitrogens with zero attached hydrogens (tertiary/aromatic N) is 1. The van der Waals surface area contributed by atoms with Gasteiger partial charge in [-0.3, -0.25) is 4.79 Å². The first kappa shape index (κ1) is 18.3. The molecule has 3 aromatic rings. The number of carbonyl (C=O) groups is 1. The summed E-state index contributed by atoms with van der Waals surface area (Å²) in [6.07, 6.45) is 1.29. The normalized spacial score (nSPS) is 12.1. The monoisotopic (exact) mass is 369 g/mol. The summed E-state index contributed by atoms with van der Waals surface area (Å²) in [4.78, 5) is 20.0. The Balaban J connectivity index is 1.44. The molecule has 0 aliphatic heterocycles. The molecule has 1 atom stereocenters. The molecule has 26 heavy (non-hydrogen) atoms. The first-order valence-electron chi connectivity index (χ1n) is 8.67. The van der Waals surface area contributed by atoms with Crippen LogP contribution in [0.5, 0.6) is 5.75 Å². The Hall–Kier alpha value is -2.47. The highest BCUT2D eigenvalue weighted by Crippen LogP contribution is 2.24. The molecule has 1 amide bonds. The fourth-order valence-electron chi connectivity index (χ4n) is 2.81. The summed E-state index contributed by atoms with van der Waals surface area (Å²) in [7, 11) is 1.64. The van der Waals surface area contributed by atoms with Crippen molar-refractivity contribution in [1.82, 2.24) is 15.3 Å². The summed E-state index contributed by atoms with van der Waals surface area (Å²) < 4.78 is 5.36. The Morgan fingerprint density at radius 3 is 2.81 bits per heavy atom. The molecule has 0 aliphatic carbocycles. The van der Waals surface area contributed by atoms with Crippen molar-refractivity contribution in [1.29, 1.82) is 0 Å². The molecule has 0 unspecified atom stereocenters. The molecule has 0 aliphatic rings. The topological polar surface area (TPSA) is 67.0 Å². The van der Waals surface area contributed by atoms with Crippen molar-refractivity contribution in [2.45, 2.75) is 31.0 Å². The van der Waals surface area contributed by atoms with Gasteiger partial charge in [0.2, 0.25) is 5.91 Å². The number of methoxy groups -OCH3 is 1. The van der Waals surface area contributed by atoms with Gasteiger partial charge >= 0.3 is 0 Å². The van der Waals surface area contributed by atoms with E-state index >= 15 is 0 Å². The highest BCUT2D eigenvalue weighted by Gasteiger charge is 2.13. The number of benzene rings is 2. The summed E-state index contributed by atoms with van der Waals surface area (Å²) in [5.74, 6) is 1.69. The molecule has 1 heterocycles. The van der Waals surface area contributed by atoms with E-state index in [0.29, 0.717) is 6.42 Å². The zero-order chi connectivity index (χ0) is 18.4. The lowest BCUT2D eigenvalue weighted by Gasteiger charge is -2.17. The Labute approximate surface area is 157 Å². The molecule has 0 radical (unpaired) electrons. The van der Waals surface area contributed by atoms with E-state index in [1.165, 1.54) is 0 Å². The lowest BCUT2D eigenvalue weighted by molar-refractivity contribution is -0.121. The highest BCUT2D eigenvalue weighted by molar-refractivity contribution is 7.99. The fraction of sp³-hybridized carbons (Fsp3) is 0.300. The van der Waals surface area contributed by atoms with Gasteiger partial charge in [0.25, 0.3) is 0 Å². The van der Waals surface area contributed by atoms with Crippen molar-refractivity contribution in [3.05, 3.63) is 54.1 Å². The number of hydrogen-bond donors (Lipinski definition) is 2. The van der Waals surface area contributed by atoms with Gasteiger partial charge in [-0.05, 0) is 31.5 Å². The van der Waals surface area contributed by atoms with E-state index in [9.17, 15) is 4.79 Å². The van der Waals surface area contributed by atoms with Crippen molar-refractivity contribution in [3.63, 3.8) is 0 Å². The minimum absolute atomic E-state index is 0.0496. The predicted molar refractivity (Wildman–Crippen MR) is 106 cm³/mol. The molecule has 0 bridgehead atoms. The fourth-order valence-corrected chi connectivity index (χ4v) is 3.64. The number of ether oxygens (including phenoxy) is 1. The Bertz CT molecular complexity index is 845. The van der Waals surface area contributed by atoms with Crippen molar-refractivity contribution < 1.29 is 9.53 Å². The van der Waals surface area contributed by atoms with E-state index in [1.54, 1.807) is 18.9 Å². The maximum absolute atomic E-state index is 12.2. The van der Waals surface area contributed by atoms with E-state index in [2.05, 4.69) is 15.3 Å². The summed E-state index contributed by atoms with van der Waals surface area (Å²) in [5, 5.41) is 3.94. The summed E-state index contributed by atoms with van der Waals surface area (Å²) >= 11 is 1.64. The zero-order valence-electron chi connectivity index (χ0n) is 15.0. The molecule has 0 saturated carbocycles.